The predicted molar refractivity (Wildman–Crippen MR) is 256 cm³/mol. The van der Waals surface area contributed by atoms with Gasteiger partial charge in [-0.3, -0.25) is 0 Å². The summed E-state index contributed by atoms with van der Waals surface area (Å²) in [7, 11) is 0. The molecule has 1 aliphatic carbocycles. The van der Waals surface area contributed by atoms with E-state index in [2.05, 4.69) is 191 Å². The summed E-state index contributed by atoms with van der Waals surface area (Å²) in [6, 6.07) is 69.7. The molecule has 3 heterocycles. The van der Waals surface area contributed by atoms with Crippen molar-refractivity contribution in [2.24, 2.45) is 0 Å². The number of rotatable bonds is 6. The van der Waals surface area contributed by atoms with Gasteiger partial charge in [-0.15, -0.1) is 0 Å². The van der Waals surface area contributed by atoms with Crippen molar-refractivity contribution in [3.05, 3.63) is 212 Å². The summed E-state index contributed by atoms with van der Waals surface area (Å²) in [5, 5.41) is 5.03. The van der Waals surface area contributed by atoms with Crippen LogP contribution in [0.2, 0.25) is 0 Å². The third kappa shape index (κ3) is 6.16. The molecule has 0 N–H and O–H groups in total. The van der Waals surface area contributed by atoms with Crippen molar-refractivity contribution in [2.45, 2.75) is 22.6 Å². The zero-order valence-electron chi connectivity index (χ0n) is 33.2. The average Bonchev–Trinajstić information content (AvgIpc) is 3.68. The maximum Gasteiger partial charge on any atom is 0.160 e. The van der Waals surface area contributed by atoms with Crippen LogP contribution in [0.4, 0.5) is 17.1 Å². The number of nitrogens with zero attached hydrogens (tertiary/aromatic N) is 4. The van der Waals surface area contributed by atoms with E-state index in [1.54, 1.807) is 0 Å². The van der Waals surface area contributed by atoms with Gasteiger partial charge in [-0.05, 0) is 107 Å². The van der Waals surface area contributed by atoms with Gasteiger partial charge >= 0.3 is 0 Å². The van der Waals surface area contributed by atoms with Crippen LogP contribution in [0, 0.1) is 0 Å². The molecular formula is C56H38N4S. The largest absolute Gasteiger partial charge is 0.313 e. The first-order valence-corrected chi connectivity index (χ1v) is 21.7. The minimum Gasteiger partial charge on any atom is -0.313 e. The minimum absolute atomic E-state index is 0.728. The van der Waals surface area contributed by atoms with E-state index in [-0.39, 0.29) is 0 Å². The molecular weight excluding hydrogens is 761 g/mol. The van der Waals surface area contributed by atoms with Crippen LogP contribution in [-0.2, 0) is 0 Å². The molecule has 0 bridgehead atoms. The molecule has 0 saturated carbocycles. The molecule has 0 amide bonds. The summed E-state index contributed by atoms with van der Waals surface area (Å²) in [6.07, 6.45) is 6.52. The van der Waals surface area contributed by atoms with E-state index in [1.165, 1.54) is 70.6 Å². The third-order valence-electron chi connectivity index (χ3n) is 12.0. The molecule has 1 aliphatic heterocycles. The molecule has 5 heteroatoms. The number of benzene rings is 8. The lowest BCUT2D eigenvalue weighted by Crippen LogP contribution is -2.14. The van der Waals surface area contributed by atoms with Crippen LogP contribution in [0.5, 0.6) is 0 Å². The summed E-state index contributed by atoms with van der Waals surface area (Å²) >= 11 is 1.84. The Kier molecular flexibility index (Phi) is 8.53. The molecule has 0 unspecified atom stereocenters. The fourth-order valence-corrected chi connectivity index (χ4v) is 10.2. The second-order valence-corrected chi connectivity index (χ2v) is 16.8. The highest BCUT2D eigenvalue weighted by atomic mass is 32.2. The molecule has 0 spiro atoms. The lowest BCUT2D eigenvalue weighted by atomic mass is 9.99. The molecule has 4 nitrogen and oxygen atoms in total. The minimum atomic E-state index is 0.728. The van der Waals surface area contributed by atoms with Gasteiger partial charge in [0.25, 0.3) is 0 Å². The number of hydrogen-bond acceptors (Lipinski definition) is 4. The van der Waals surface area contributed by atoms with Gasteiger partial charge in [0.05, 0.1) is 33.8 Å². The van der Waals surface area contributed by atoms with Crippen molar-refractivity contribution < 1.29 is 0 Å². The van der Waals surface area contributed by atoms with Crippen molar-refractivity contribution >= 4 is 72.7 Å². The first-order valence-electron chi connectivity index (χ1n) is 20.9. The van der Waals surface area contributed by atoms with Gasteiger partial charge in [-0.25, -0.2) is 9.97 Å². The SMILES string of the molecule is C1=C(c2cc(-c3ccccc3)nc(-c3ccccc3)n2)C=C(n2c3ccc(-c4ccc5c(c4)N(c4ccccc4)c4ccccc4S5)cc3c3c4ccccc4ccc32)CC1. The fourth-order valence-electron chi connectivity index (χ4n) is 9.18. The lowest BCUT2D eigenvalue weighted by Gasteiger charge is -2.33. The molecule has 0 atom stereocenters. The van der Waals surface area contributed by atoms with E-state index in [1.807, 2.05) is 36.0 Å². The van der Waals surface area contributed by atoms with Crippen LogP contribution in [0.25, 0.3) is 77.6 Å². The molecule has 0 radical (unpaired) electrons. The van der Waals surface area contributed by atoms with Gasteiger partial charge in [0.15, 0.2) is 5.82 Å². The highest BCUT2D eigenvalue weighted by Crippen LogP contribution is 2.52. The highest BCUT2D eigenvalue weighted by Gasteiger charge is 2.26. The van der Waals surface area contributed by atoms with Crippen LogP contribution in [0.1, 0.15) is 18.5 Å². The fraction of sp³-hybridized carbons (Fsp3) is 0.0357. The van der Waals surface area contributed by atoms with Crippen molar-refractivity contribution in [2.75, 3.05) is 4.90 Å². The zero-order chi connectivity index (χ0) is 40.3. The lowest BCUT2D eigenvalue weighted by molar-refractivity contribution is 0.980. The second-order valence-electron chi connectivity index (χ2n) is 15.7. The number of fused-ring (bicyclic) bond motifs is 7. The summed E-state index contributed by atoms with van der Waals surface area (Å²) in [5.41, 5.74) is 14.6. The van der Waals surface area contributed by atoms with Crippen LogP contribution < -0.4 is 4.90 Å². The smallest absolute Gasteiger partial charge is 0.160 e. The number of anilines is 3. The second kappa shape index (κ2) is 14.7. The van der Waals surface area contributed by atoms with Crippen LogP contribution in [0.15, 0.2) is 216 Å². The molecule has 288 valence electrons. The van der Waals surface area contributed by atoms with E-state index in [0.717, 1.165) is 52.4 Å². The van der Waals surface area contributed by atoms with Crippen LogP contribution in [-0.4, -0.2) is 14.5 Å². The normalized spacial score (nSPS) is 13.5. The first kappa shape index (κ1) is 35.5. The van der Waals surface area contributed by atoms with Crippen molar-refractivity contribution in [1.82, 2.24) is 14.5 Å². The van der Waals surface area contributed by atoms with E-state index in [9.17, 15) is 0 Å². The number of hydrogen-bond donors (Lipinski definition) is 0. The standard InChI is InChI=1S/C56H38N4S/c1-4-16-38(17-5-1)47-36-48(58-56(57-47)39-18-6-2-7-19-39)42-20-14-23-44(33-42)60-49-30-28-40(34-46(49)55-45-24-11-10-15-37(45)27-31-51(55)60)41-29-32-54-52(35-41)59(43-21-8-3-9-22-43)50-25-12-13-26-53(50)61-54/h1-13,15-22,24-36H,14,23H2. The van der Waals surface area contributed by atoms with Gasteiger partial charge < -0.3 is 9.47 Å². The molecule has 10 aromatic rings. The number of para-hydroxylation sites is 2. The van der Waals surface area contributed by atoms with Crippen molar-refractivity contribution in [3.63, 3.8) is 0 Å². The Morgan fingerprint density at radius 2 is 1.15 bits per heavy atom. The average molecular weight is 799 g/mol. The molecule has 12 rings (SSSR count). The topological polar surface area (TPSA) is 34.0 Å². The maximum atomic E-state index is 5.21. The van der Waals surface area contributed by atoms with Gasteiger partial charge in [0.2, 0.25) is 0 Å². The molecule has 61 heavy (non-hydrogen) atoms. The Hall–Kier alpha value is -7.47. The van der Waals surface area contributed by atoms with E-state index < -0.39 is 0 Å². The number of allylic oxidation sites excluding steroid dienone is 4. The molecule has 0 fully saturated rings. The van der Waals surface area contributed by atoms with Crippen LogP contribution >= 0.6 is 11.8 Å². The Bertz CT molecular complexity index is 3330. The number of aromatic nitrogens is 3. The predicted octanol–water partition coefficient (Wildman–Crippen LogP) is 15.4. The molecule has 0 saturated heterocycles. The summed E-state index contributed by atoms with van der Waals surface area (Å²) in [5.74, 6) is 0.728. The van der Waals surface area contributed by atoms with E-state index in [0.29, 0.717) is 0 Å². The molecule has 2 aromatic heterocycles. The summed E-state index contributed by atoms with van der Waals surface area (Å²) < 4.78 is 2.50. The Balaban J connectivity index is 1.01. The molecule has 8 aromatic carbocycles. The monoisotopic (exact) mass is 798 g/mol. The van der Waals surface area contributed by atoms with Crippen LogP contribution in [0.3, 0.4) is 0 Å². The van der Waals surface area contributed by atoms with Gasteiger partial charge in [0, 0.05) is 43.1 Å². The summed E-state index contributed by atoms with van der Waals surface area (Å²) in [4.78, 5) is 15.2. The highest BCUT2D eigenvalue weighted by molar-refractivity contribution is 7.99. The maximum absolute atomic E-state index is 5.21. The summed E-state index contributed by atoms with van der Waals surface area (Å²) in [6.45, 7) is 0. The van der Waals surface area contributed by atoms with Gasteiger partial charge in [0.1, 0.15) is 0 Å². The Labute approximate surface area is 358 Å². The Morgan fingerprint density at radius 1 is 0.475 bits per heavy atom. The van der Waals surface area contributed by atoms with Crippen molar-refractivity contribution in [3.8, 4) is 33.8 Å². The quantitative estimate of drug-likeness (QED) is 0.168. The molecule has 2 aliphatic rings. The van der Waals surface area contributed by atoms with Gasteiger partial charge in [-0.2, -0.15) is 0 Å². The first-order chi connectivity index (χ1) is 30.2. The zero-order valence-corrected chi connectivity index (χ0v) is 34.1. The van der Waals surface area contributed by atoms with E-state index >= 15 is 0 Å². The Morgan fingerprint density at radius 3 is 2.00 bits per heavy atom. The van der Waals surface area contributed by atoms with Crippen molar-refractivity contribution in [1.29, 1.82) is 0 Å². The van der Waals surface area contributed by atoms with Gasteiger partial charge in [-0.1, -0.05) is 151 Å². The van der Waals surface area contributed by atoms with E-state index in [4.69, 9.17) is 9.97 Å². The third-order valence-corrected chi connectivity index (χ3v) is 13.2.